The van der Waals surface area contributed by atoms with E-state index in [0.29, 0.717) is 0 Å². The van der Waals surface area contributed by atoms with Crippen molar-refractivity contribution >= 4 is 5.97 Å². The summed E-state index contributed by atoms with van der Waals surface area (Å²) >= 11 is 0. The van der Waals surface area contributed by atoms with E-state index in [1.165, 1.54) is 0 Å². The van der Waals surface area contributed by atoms with Gasteiger partial charge in [-0.25, -0.2) is 4.79 Å². The average molecular weight is 262 g/mol. The first-order chi connectivity index (χ1) is 6.69. The standard InChI is InChI=1S/C5H2F8O3/c6-2(7,1(14)15)3(8,9)4(10,11)5(12,13)16/h16H,(H,14,15). The van der Waals surface area contributed by atoms with Crippen LogP contribution in [-0.2, 0) is 4.79 Å². The van der Waals surface area contributed by atoms with Gasteiger partial charge in [-0.1, -0.05) is 0 Å². The SMILES string of the molecule is O=C(O)C(F)(F)C(F)(F)C(F)(F)C(O)(F)F. The van der Waals surface area contributed by atoms with Crippen molar-refractivity contribution < 1.29 is 50.1 Å². The Hall–Kier alpha value is -1.13. The third-order valence-electron chi connectivity index (χ3n) is 1.44. The maximum atomic E-state index is 12.2. The number of carboxylic acids is 1. The Morgan fingerprint density at radius 1 is 0.812 bits per heavy atom. The number of hydrogen-bond donors (Lipinski definition) is 2. The zero-order valence-electron chi connectivity index (χ0n) is 6.83. The van der Waals surface area contributed by atoms with Crippen LogP contribution in [0.2, 0.25) is 0 Å². The first-order valence-corrected chi connectivity index (χ1v) is 3.16. The van der Waals surface area contributed by atoms with Gasteiger partial charge in [-0.15, -0.1) is 0 Å². The van der Waals surface area contributed by atoms with Gasteiger partial charge in [0.25, 0.3) is 0 Å². The second-order valence-electron chi connectivity index (χ2n) is 2.57. The molecule has 0 heterocycles. The van der Waals surface area contributed by atoms with Crippen LogP contribution in [0.5, 0.6) is 0 Å². The Morgan fingerprint density at radius 3 is 1.31 bits per heavy atom. The molecule has 2 N–H and O–H groups in total. The summed E-state index contributed by atoms with van der Waals surface area (Å²) < 4.78 is 95.9. The molecule has 0 spiro atoms. The molecule has 96 valence electrons. The fraction of sp³-hybridized carbons (Fsp3) is 0.800. The van der Waals surface area contributed by atoms with E-state index in [9.17, 15) is 39.9 Å². The first-order valence-electron chi connectivity index (χ1n) is 3.16. The maximum absolute atomic E-state index is 12.2. The van der Waals surface area contributed by atoms with E-state index in [-0.39, 0.29) is 0 Å². The van der Waals surface area contributed by atoms with Gasteiger partial charge in [-0.2, -0.15) is 35.1 Å². The molecule has 0 fully saturated rings. The largest absolute Gasteiger partial charge is 0.477 e. The molecule has 0 aliphatic heterocycles. The number of carboxylic acid groups (broad SMARTS) is 1. The van der Waals surface area contributed by atoms with Crippen LogP contribution >= 0.6 is 0 Å². The lowest BCUT2D eigenvalue weighted by atomic mass is 10.0. The fourth-order valence-electron chi connectivity index (χ4n) is 0.520. The number of halogens is 8. The smallest absolute Gasteiger partial charge is 0.423 e. The molecule has 0 aromatic heterocycles. The molecule has 0 saturated heterocycles. The van der Waals surface area contributed by atoms with Gasteiger partial charge < -0.3 is 10.2 Å². The molecular formula is C5H2F8O3. The highest BCUT2D eigenvalue weighted by molar-refractivity contribution is 5.77. The zero-order valence-corrected chi connectivity index (χ0v) is 6.83. The third kappa shape index (κ3) is 1.79. The summed E-state index contributed by atoms with van der Waals surface area (Å²) in [7, 11) is 0. The van der Waals surface area contributed by atoms with Gasteiger partial charge in [0.2, 0.25) is 0 Å². The highest BCUT2D eigenvalue weighted by Crippen LogP contribution is 2.51. The predicted octanol–water partition coefficient (Wildman–Crippen LogP) is 1.56. The molecule has 0 aliphatic rings. The quantitative estimate of drug-likeness (QED) is 0.756. The van der Waals surface area contributed by atoms with Crippen molar-refractivity contribution in [3.05, 3.63) is 0 Å². The lowest BCUT2D eigenvalue weighted by Crippen LogP contribution is -2.64. The molecule has 0 bridgehead atoms. The number of rotatable bonds is 4. The van der Waals surface area contributed by atoms with Gasteiger partial charge in [0.1, 0.15) is 0 Å². The number of aliphatic carboxylic acids is 1. The van der Waals surface area contributed by atoms with Crippen LogP contribution in [0.3, 0.4) is 0 Å². The monoisotopic (exact) mass is 262 g/mol. The minimum atomic E-state index is -6.97. The Balaban J connectivity index is 5.62. The summed E-state index contributed by atoms with van der Waals surface area (Å²) in [5.74, 6) is -24.1. The van der Waals surface area contributed by atoms with Crippen LogP contribution in [0.15, 0.2) is 0 Å². The van der Waals surface area contributed by atoms with E-state index in [0.717, 1.165) is 0 Å². The van der Waals surface area contributed by atoms with Crippen LogP contribution in [-0.4, -0.2) is 40.1 Å². The van der Waals surface area contributed by atoms with Crippen molar-refractivity contribution in [3.63, 3.8) is 0 Å². The Bertz CT molecular complexity index is 293. The van der Waals surface area contributed by atoms with Gasteiger partial charge in [0.05, 0.1) is 0 Å². The summed E-state index contributed by atoms with van der Waals surface area (Å²) in [6.45, 7) is 0. The van der Waals surface area contributed by atoms with Gasteiger partial charge in [-0.3, -0.25) is 0 Å². The van der Waals surface area contributed by atoms with Crippen LogP contribution in [0.25, 0.3) is 0 Å². The van der Waals surface area contributed by atoms with E-state index in [2.05, 4.69) is 0 Å². The predicted molar refractivity (Wildman–Crippen MR) is 29.6 cm³/mol. The van der Waals surface area contributed by atoms with Crippen molar-refractivity contribution in [2.75, 3.05) is 0 Å². The van der Waals surface area contributed by atoms with Crippen molar-refractivity contribution in [2.45, 2.75) is 23.9 Å². The van der Waals surface area contributed by atoms with Crippen LogP contribution < -0.4 is 0 Å². The number of alkyl halides is 8. The molecule has 3 nitrogen and oxygen atoms in total. The van der Waals surface area contributed by atoms with Crippen molar-refractivity contribution in [1.29, 1.82) is 0 Å². The fourth-order valence-corrected chi connectivity index (χ4v) is 0.520. The molecular weight excluding hydrogens is 260 g/mol. The van der Waals surface area contributed by atoms with Crippen LogP contribution in [0.1, 0.15) is 0 Å². The molecule has 0 saturated carbocycles. The number of carbonyl (C=O) groups is 1. The van der Waals surface area contributed by atoms with Crippen LogP contribution in [0.4, 0.5) is 35.1 Å². The van der Waals surface area contributed by atoms with Crippen molar-refractivity contribution in [1.82, 2.24) is 0 Å². The summed E-state index contributed by atoms with van der Waals surface area (Å²) in [6, 6.07) is 0. The van der Waals surface area contributed by atoms with E-state index in [4.69, 9.17) is 10.2 Å². The Labute approximate surface area is 81.3 Å². The topological polar surface area (TPSA) is 57.5 Å². The highest BCUT2D eigenvalue weighted by Gasteiger charge is 2.83. The normalized spacial score (nSPS) is 15.1. The summed E-state index contributed by atoms with van der Waals surface area (Å²) in [5, 5.41) is 14.9. The first kappa shape index (κ1) is 14.9. The second kappa shape index (κ2) is 3.43. The Kier molecular flexibility index (Phi) is 3.19. The molecule has 0 aromatic rings. The minimum Gasteiger partial charge on any atom is -0.477 e. The molecule has 0 unspecified atom stereocenters. The van der Waals surface area contributed by atoms with E-state index in [1.807, 2.05) is 0 Å². The Morgan fingerprint density at radius 2 is 1.12 bits per heavy atom. The van der Waals surface area contributed by atoms with Gasteiger partial charge in [-0.05, 0) is 0 Å². The second-order valence-corrected chi connectivity index (χ2v) is 2.57. The minimum absolute atomic E-state index is 3.73. The molecule has 0 amide bonds. The molecule has 16 heavy (non-hydrogen) atoms. The van der Waals surface area contributed by atoms with E-state index in [1.54, 1.807) is 0 Å². The lowest BCUT2D eigenvalue weighted by molar-refractivity contribution is -0.412. The summed E-state index contributed by atoms with van der Waals surface area (Å²) in [5.41, 5.74) is 0. The molecule has 0 atom stereocenters. The van der Waals surface area contributed by atoms with Gasteiger partial charge in [0.15, 0.2) is 0 Å². The third-order valence-corrected chi connectivity index (χ3v) is 1.44. The zero-order chi connectivity index (χ0) is 13.6. The summed E-state index contributed by atoms with van der Waals surface area (Å²) in [4.78, 5) is 9.55. The molecule has 0 radical (unpaired) electrons. The lowest BCUT2D eigenvalue weighted by Gasteiger charge is -2.32. The van der Waals surface area contributed by atoms with Crippen LogP contribution in [0, 0.1) is 0 Å². The number of hydrogen-bond acceptors (Lipinski definition) is 2. The molecule has 0 rings (SSSR count). The summed E-state index contributed by atoms with van der Waals surface area (Å²) in [6.07, 6.45) is -6.50. The van der Waals surface area contributed by atoms with E-state index < -0.39 is 29.8 Å². The highest BCUT2D eigenvalue weighted by atomic mass is 19.4. The molecule has 11 heteroatoms. The van der Waals surface area contributed by atoms with E-state index >= 15 is 0 Å². The van der Waals surface area contributed by atoms with Gasteiger partial charge >= 0.3 is 29.8 Å². The van der Waals surface area contributed by atoms with Gasteiger partial charge in [0, 0.05) is 0 Å². The average Bonchev–Trinajstić information content (AvgIpc) is 2.00. The van der Waals surface area contributed by atoms with Crippen molar-refractivity contribution in [3.8, 4) is 0 Å². The maximum Gasteiger partial charge on any atom is 0.423 e. The van der Waals surface area contributed by atoms with Crippen molar-refractivity contribution in [2.24, 2.45) is 0 Å². The molecule has 0 aromatic carbocycles. The number of aliphatic hydroxyl groups is 1. The molecule has 0 aliphatic carbocycles.